The van der Waals surface area contributed by atoms with Crippen LogP contribution in [0.5, 0.6) is 0 Å². The van der Waals surface area contributed by atoms with E-state index in [1.807, 2.05) is 22.6 Å². The van der Waals surface area contributed by atoms with Gasteiger partial charge in [-0.1, -0.05) is 0 Å². The molecular weight excluding hydrogens is 379 g/mol. The molecule has 3 atom stereocenters. The van der Waals surface area contributed by atoms with Crippen LogP contribution in [-0.2, 0) is 16.5 Å². The van der Waals surface area contributed by atoms with E-state index < -0.39 is 23.6 Å². The third kappa shape index (κ3) is 3.13. The van der Waals surface area contributed by atoms with Gasteiger partial charge in [0.25, 0.3) is 5.56 Å². The van der Waals surface area contributed by atoms with E-state index in [2.05, 4.69) is 0 Å². The first-order valence-corrected chi connectivity index (χ1v) is 7.27. The van der Waals surface area contributed by atoms with Crippen LogP contribution in [0.2, 0.25) is 0 Å². The molecule has 1 aliphatic heterocycles. The molecule has 0 aliphatic carbocycles. The summed E-state index contributed by atoms with van der Waals surface area (Å²) >= 11 is 2.03. The van der Waals surface area contributed by atoms with Crippen LogP contribution in [0.3, 0.4) is 0 Å². The minimum atomic E-state index is -0.817. The van der Waals surface area contributed by atoms with Crippen LogP contribution < -0.4 is 11.2 Å². The van der Waals surface area contributed by atoms with E-state index >= 15 is 0 Å². The van der Waals surface area contributed by atoms with Crippen LogP contribution in [0.1, 0.15) is 12.6 Å². The second-order valence-corrected chi connectivity index (χ2v) is 5.17. The van der Waals surface area contributed by atoms with E-state index in [0.717, 1.165) is 4.57 Å². The van der Waals surface area contributed by atoms with Crippen LogP contribution in [0.25, 0.3) is 0 Å². The highest BCUT2D eigenvalue weighted by molar-refractivity contribution is 14.1. The summed E-state index contributed by atoms with van der Waals surface area (Å²) in [7, 11) is 1.38. The van der Waals surface area contributed by atoms with Crippen LogP contribution >= 0.6 is 22.6 Å². The van der Waals surface area contributed by atoms with Crippen molar-refractivity contribution in [1.82, 2.24) is 9.13 Å². The number of aliphatic hydroxyl groups is 1. The SMILES string of the molecule is Cn1c(=O)ccn([C@@H]2O[C@H](CO/C=C/I)C[C@H]2O)c1=O. The summed E-state index contributed by atoms with van der Waals surface area (Å²) in [5.41, 5.74) is -0.916. The van der Waals surface area contributed by atoms with Crippen LogP contribution in [0.4, 0.5) is 0 Å². The van der Waals surface area contributed by atoms with Crippen molar-refractivity contribution >= 4 is 22.6 Å². The zero-order valence-electron chi connectivity index (χ0n) is 10.8. The molecule has 1 aromatic heterocycles. The van der Waals surface area contributed by atoms with Gasteiger partial charge in [0, 0.05) is 29.8 Å². The lowest BCUT2D eigenvalue weighted by atomic mass is 10.2. The first-order valence-electron chi connectivity index (χ1n) is 6.03. The highest BCUT2D eigenvalue weighted by Crippen LogP contribution is 2.27. The number of halogens is 1. The highest BCUT2D eigenvalue weighted by atomic mass is 127. The molecule has 0 spiro atoms. The Labute approximate surface area is 128 Å². The van der Waals surface area contributed by atoms with Crippen molar-refractivity contribution in [3.05, 3.63) is 43.4 Å². The molecule has 110 valence electrons. The molecule has 1 aromatic rings. The largest absolute Gasteiger partial charge is 0.498 e. The summed E-state index contributed by atoms with van der Waals surface area (Å²) in [6, 6.07) is 1.26. The van der Waals surface area contributed by atoms with Crippen molar-refractivity contribution in [1.29, 1.82) is 0 Å². The second kappa shape index (κ2) is 6.55. The number of hydrogen-bond acceptors (Lipinski definition) is 5. The van der Waals surface area contributed by atoms with Gasteiger partial charge in [0.2, 0.25) is 0 Å². The molecule has 1 saturated heterocycles. The summed E-state index contributed by atoms with van der Waals surface area (Å²) < 4.78 is 14.7. The van der Waals surface area contributed by atoms with Crippen molar-refractivity contribution in [2.45, 2.75) is 24.9 Å². The Morgan fingerprint density at radius 2 is 2.35 bits per heavy atom. The van der Waals surface area contributed by atoms with Gasteiger partial charge in [-0.3, -0.25) is 13.9 Å². The van der Waals surface area contributed by atoms with E-state index in [-0.39, 0.29) is 6.10 Å². The lowest BCUT2D eigenvalue weighted by Crippen LogP contribution is -2.40. The Morgan fingerprint density at radius 3 is 3.05 bits per heavy atom. The Balaban J connectivity index is 2.16. The molecule has 1 aliphatic rings. The molecule has 1 fully saturated rings. The fourth-order valence-electron chi connectivity index (χ4n) is 2.07. The fourth-order valence-corrected chi connectivity index (χ4v) is 2.28. The lowest BCUT2D eigenvalue weighted by Gasteiger charge is -2.18. The van der Waals surface area contributed by atoms with Gasteiger partial charge in [-0.2, -0.15) is 0 Å². The van der Waals surface area contributed by atoms with Crippen molar-refractivity contribution < 1.29 is 14.6 Å². The number of hydrogen-bond donors (Lipinski definition) is 1. The molecule has 0 unspecified atom stereocenters. The van der Waals surface area contributed by atoms with Crippen LogP contribution in [0.15, 0.2) is 32.2 Å². The molecular formula is C12H15IN2O5. The molecule has 20 heavy (non-hydrogen) atoms. The van der Waals surface area contributed by atoms with Gasteiger partial charge in [0.15, 0.2) is 6.23 Å². The zero-order chi connectivity index (χ0) is 14.7. The van der Waals surface area contributed by atoms with Gasteiger partial charge in [-0.05, 0) is 22.6 Å². The minimum Gasteiger partial charge on any atom is -0.498 e. The molecule has 7 nitrogen and oxygen atoms in total. The topological polar surface area (TPSA) is 82.7 Å². The Morgan fingerprint density at radius 1 is 1.60 bits per heavy atom. The summed E-state index contributed by atoms with van der Waals surface area (Å²) in [4.78, 5) is 23.3. The smallest absolute Gasteiger partial charge is 0.332 e. The summed E-state index contributed by atoms with van der Waals surface area (Å²) in [6.45, 7) is 0.299. The minimum absolute atomic E-state index is 0.299. The van der Waals surface area contributed by atoms with Crippen molar-refractivity contribution in [3.63, 3.8) is 0 Å². The molecule has 8 heteroatoms. The fraction of sp³-hybridized carbons (Fsp3) is 0.500. The predicted molar refractivity (Wildman–Crippen MR) is 79.6 cm³/mol. The number of aliphatic hydroxyl groups excluding tert-OH is 1. The maximum atomic E-state index is 12.0. The average Bonchev–Trinajstić information content (AvgIpc) is 2.78. The van der Waals surface area contributed by atoms with Crippen molar-refractivity contribution in [3.8, 4) is 0 Å². The molecule has 0 saturated carbocycles. The first kappa shape index (κ1) is 15.3. The van der Waals surface area contributed by atoms with Gasteiger partial charge >= 0.3 is 5.69 Å². The number of ether oxygens (including phenoxy) is 2. The highest BCUT2D eigenvalue weighted by Gasteiger charge is 2.36. The normalized spacial score (nSPS) is 26.2. The van der Waals surface area contributed by atoms with Gasteiger partial charge < -0.3 is 14.6 Å². The lowest BCUT2D eigenvalue weighted by molar-refractivity contribution is -0.0550. The maximum absolute atomic E-state index is 12.0. The predicted octanol–water partition coefficient (Wildman–Crippen LogP) is 0.118. The average molecular weight is 394 g/mol. The number of aromatic nitrogens is 2. The van der Waals surface area contributed by atoms with Crippen molar-refractivity contribution in [2.24, 2.45) is 7.05 Å². The van der Waals surface area contributed by atoms with Gasteiger partial charge in [-0.15, -0.1) is 0 Å². The summed E-state index contributed by atoms with van der Waals surface area (Å²) in [6.07, 6.45) is 1.32. The van der Waals surface area contributed by atoms with Gasteiger partial charge in [0.1, 0.15) is 12.7 Å². The molecule has 0 aromatic carbocycles. The first-order chi connectivity index (χ1) is 9.54. The Hall–Kier alpha value is -1.13. The maximum Gasteiger partial charge on any atom is 0.332 e. The zero-order valence-corrected chi connectivity index (χ0v) is 13.0. The second-order valence-electron chi connectivity index (χ2n) is 4.45. The third-order valence-electron chi connectivity index (χ3n) is 3.09. The molecule has 0 bridgehead atoms. The monoisotopic (exact) mass is 394 g/mol. The van der Waals surface area contributed by atoms with E-state index in [9.17, 15) is 14.7 Å². The molecule has 0 amide bonds. The quantitative estimate of drug-likeness (QED) is 0.580. The molecule has 0 radical (unpaired) electrons. The van der Waals surface area contributed by atoms with E-state index in [4.69, 9.17) is 9.47 Å². The van der Waals surface area contributed by atoms with E-state index in [1.54, 1.807) is 4.08 Å². The van der Waals surface area contributed by atoms with Crippen LogP contribution in [0, 0.1) is 0 Å². The van der Waals surface area contributed by atoms with Gasteiger partial charge in [-0.25, -0.2) is 4.79 Å². The molecule has 1 N–H and O–H groups in total. The summed E-state index contributed by atoms with van der Waals surface area (Å²) in [5, 5.41) is 10.0. The van der Waals surface area contributed by atoms with E-state index in [1.165, 1.54) is 30.1 Å². The van der Waals surface area contributed by atoms with Crippen molar-refractivity contribution in [2.75, 3.05) is 6.61 Å². The third-order valence-corrected chi connectivity index (χ3v) is 3.38. The standard InChI is InChI=1S/C12H15IN2O5/c1-14-10(17)2-4-15(12(14)18)11-9(16)6-8(20-11)7-19-5-3-13/h2-5,8-9,11,16H,6-7H2,1H3/b5-3+/t8-,9+,11+/m0/s1. The summed E-state index contributed by atoms with van der Waals surface area (Å²) in [5.74, 6) is 0. The van der Waals surface area contributed by atoms with Crippen LogP contribution in [-0.4, -0.2) is 33.1 Å². The Kier molecular flexibility index (Phi) is 5.00. The van der Waals surface area contributed by atoms with Gasteiger partial charge in [0.05, 0.1) is 12.4 Å². The Bertz CT molecular complexity index is 609. The number of nitrogens with zero attached hydrogens (tertiary/aromatic N) is 2. The van der Waals surface area contributed by atoms with E-state index in [0.29, 0.717) is 13.0 Å². The number of rotatable bonds is 4. The molecule has 2 rings (SSSR count). The molecule has 2 heterocycles.